The molecule has 26 heavy (non-hydrogen) atoms. The number of nitrogens with zero attached hydrogens (tertiary/aromatic N) is 2. The molecule has 4 aliphatic rings. The second-order valence-electron chi connectivity index (χ2n) is 8.31. The number of nitrogens with two attached hydrogens (primary N) is 1. The zero-order chi connectivity index (χ0) is 17.9. The van der Waals surface area contributed by atoms with Crippen LogP contribution in [0.1, 0.15) is 37.7 Å². The monoisotopic (exact) mass is 355 g/mol. The third-order valence-electron chi connectivity index (χ3n) is 6.60. The van der Waals surface area contributed by atoms with Crippen molar-refractivity contribution >= 4 is 22.6 Å². The summed E-state index contributed by atoms with van der Waals surface area (Å²) >= 11 is 0. The van der Waals surface area contributed by atoms with Gasteiger partial charge in [0.15, 0.2) is 5.84 Å². The minimum atomic E-state index is -0.435. The number of aromatic nitrogens is 2. The zero-order valence-electron chi connectivity index (χ0n) is 14.9. The molecule has 2 aromatic rings. The van der Waals surface area contributed by atoms with Crippen LogP contribution in [0, 0.1) is 17.8 Å². The summed E-state index contributed by atoms with van der Waals surface area (Å²) in [5, 5.41) is 19.5. The van der Waals surface area contributed by atoms with Crippen LogP contribution < -0.4 is 11.1 Å². The van der Waals surface area contributed by atoms with E-state index in [1.165, 1.54) is 20.0 Å². The van der Waals surface area contributed by atoms with Crippen molar-refractivity contribution in [3.63, 3.8) is 0 Å². The number of amidine groups is 1. The van der Waals surface area contributed by atoms with Crippen molar-refractivity contribution in [2.24, 2.45) is 28.6 Å². The van der Waals surface area contributed by atoms with Crippen molar-refractivity contribution in [2.75, 3.05) is 12.4 Å². The molecular formula is C19H25N5O2. The van der Waals surface area contributed by atoms with E-state index in [-0.39, 0.29) is 0 Å². The number of anilines is 1. The lowest BCUT2D eigenvalue weighted by Gasteiger charge is -2.58. The summed E-state index contributed by atoms with van der Waals surface area (Å²) in [6, 6.07) is 2.36. The number of oxime groups is 1. The summed E-state index contributed by atoms with van der Waals surface area (Å²) in [5.41, 5.74) is 8.23. The summed E-state index contributed by atoms with van der Waals surface area (Å²) in [5.74, 6) is 2.00. The molecule has 0 spiro atoms. The van der Waals surface area contributed by atoms with Crippen LogP contribution in [0.25, 0.3) is 11.0 Å². The molecular weight excluding hydrogens is 330 g/mol. The highest BCUT2D eigenvalue weighted by molar-refractivity contribution is 6.08. The van der Waals surface area contributed by atoms with Gasteiger partial charge >= 0.3 is 0 Å². The van der Waals surface area contributed by atoms with Crippen LogP contribution in [0.5, 0.6) is 0 Å². The number of aliphatic hydroxyl groups is 1. The molecule has 0 aromatic carbocycles. The van der Waals surface area contributed by atoms with Crippen molar-refractivity contribution in [3.8, 4) is 0 Å². The molecule has 6 rings (SSSR count). The molecule has 7 heteroatoms. The van der Waals surface area contributed by atoms with Crippen molar-refractivity contribution in [1.82, 2.24) is 9.97 Å². The quantitative estimate of drug-likeness (QED) is 0.382. The fraction of sp³-hybridized carbons (Fsp3) is 0.579. The normalized spacial score (nSPS) is 35.8. The predicted molar refractivity (Wildman–Crippen MR) is 99.7 cm³/mol. The minimum Gasteiger partial charge on any atom is -0.397 e. The Morgan fingerprint density at radius 1 is 1.38 bits per heavy atom. The molecule has 4 aliphatic carbocycles. The summed E-state index contributed by atoms with van der Waals surface area (Å²) in [6.07, 6.45) is 8.82. The Hall–Kier alpha value is -2.28. The molecule has 4 bridgehead atoms. The van der Waals surface area contributed by atoms with Gasteiger partial charge in [-0.05, 0) is 55.9 Å². The van der Waals surface area contributed by atoms with E-state index in [4.69, 9.17) is 10.6 Å². The first kappa shape index (κ1) is 15.9. The van der Waals surface area contributed by atoms with E-state index < -0.39 is 5.60 Å². The summed E-state index contributed by atoms with van der Waals surface area (Å²) in [4.78, 5) is 12.5. The average Bonchev–Trinajstić information content (AvgIpc) is 3.05. The van der Waals surface area contributed by atoms with Crippen LogP contribution in [-0.4, -0.2) is 39.7 Å². The molecule has 2 heterocycles. The van der Waals surface area contributed by atoms with Crippen LogP contribution in [-0.2, 0) is 4.84 Å². The molecule has 0 aliphatic heterocycles. The largest absolute Gasteiger partial charge is 0.397 e. The molecule has 2 unspecified atom stereocenters. The summed E-state index contributed by atoms with van der Waals surface area (Å²) in [7, 11) is 1.49. The predicted octanol–water partition coefficient (Wildman–Crippen LogP) is 2.18. The Kier molecular flexibility index (Phi) is 3.44. The summed E-state index contributed by atoms with van der Waals surface area (Å²) in [6.45, 7) is 0. The van der Waals surface area contributed by atoms with Gasteiger partial charge in [0.1, 0.15) is 12.8 Å². The zero-order valence-corrected chi connectivity index (χ0v) is 14.9. The van der Waals surface area contributed by atoms with E-state index >= 15 is 0 Å². The first-order valence-corrected chi connectivity index (χ1v) is 9.38. The van der Waals surface area contributed by atoms with Gasteiger partial charge in [-0.3, -0.25) is 0 Å². The average molecular weight is 355 g/mol. The Morgan fingerprint density at radius 3 is 2.85 bits per heavy atom. The van der Waals surface area contributed by atoms with Gasteiger partial charge in [0.25, 0.3) is 0 Å². The van der Waals surface area contributed by atoms with E-state index in [1.807, 2.05) is 12.3 Å². The van der Waals surface area contributed by atoms with Gasteiger partial charge < -0.3 is 26.0 Å². The number of hydrogen-bond donors (Lipinski definition) is 4. The number of hydrogen-bond acceptors (Lipinski definition) is 5. The molecule has 138 valence electrons. The molecule has 0 amide bonds. The Labute approximate surface area is 152 Å². The summed E-state index contributed by atoms with van der Waals surface area (Å²) < 4.78 is 0. The standard InChI is InChI=1S/C19H25N5O2/c1-26-24-17(20)14-9-22-18-13(2-3-21-18)16(14)23-15-11-4-10-5-12(15)8-19(25,6-10)7-11/h2-3,9-12,15,25H,4-8H2,1H3,(H2,20,24)(H2,21,22,23). The lowest BCUT2D eigenvalue weighted by molar-refractivity contribution is -0.129. The highest BCUT2D eigenvalue weighted by atomic mass is 16.6. The molecule has 0 radical (unpaired) electrons. The number of rotatable bonds is 4. The number of H-pyrrole nitrogens is 1. The van der Waals surface area contributed by atoms with Crippen LogP contribution in [0.15, 0.2) is 23.6 Å². The molecule has 4 saturated carbocycles. The number of aromatic amines is 1. The SMILES string of the molecule is CON=C(N)c1cnc2[nH]ccc2c1NC1C2CC3CC1CC(O)(C3)C2. The maximum absolute atomic E-state index is 10.8. The number of fused-ring (bicyclic) bond motifs is 1. The maximum atomic E-state index is 10.8. The van der Waals surface area contributed by atoms with Gasteiger partial charge in [0, 0.05) is 23.8 Å². The van der Waals surface area contributed by atoms with Gasteiger partial charge in [-0.25, -0.2) is 4.98 Å². The molecule has 5 N–H and O–H groups in total. The minimum absolute atomic E-state index is 0.313. The van der Waals surface area contributed by atoms with E-state index in [0.29, 0.717) is 29.6 Å². The molecule has 2 atom stereocenters. The Bertz CT molecular complexity index is 860. The second kappa shape index (κ2) is 5.61. The molecule has 7 nitrogen and oxygen atoms in total. The topological polar surface area (TPSA) is 109 Å². The van der Waals surface area contributed by atoms with Gasteiger partial charge in [-0.15, -0.1) is 0 Å². The molecule has 4 fully saturated rings. The smallest absolute Gasteiger partial charge is 0.173 e. The lowest BCUT2D eigenvalue weighted by atomic mass is 9.52. The van der Waals surface area contributed by atoms with E-state index in [1.54, 1.807) is 6.20 Å². The van der Waals surface area contributed by atoms with Crippen molar-refractivity contribution in [1.29, 1.82) is 0 Å². The van der Waals surface area contributed by atoms with E-state index in [0.717, 1.165) is 41.5 Å². The van der Waals surface area contributed by atoms with E-state index in [9.17, 15) is 5.11 Å². The fourth-order valence-corrected chi connectivity index (χ4v) is 5.89. The van der Waals surface area contributed by atoms with Gasteiger partial charge in [-0.2, -0.15) is 0 Å². The highest BCUT2D eigenvalue weighted by Crippen LogP contribution is 2.56. The van der Waals surface area contributed by atoms with Gasteiger partial charge in [0.05, 0.1) is 16.9 Å². The molecule has 2 aromatic heterocycles. The number of nitrogens with one attached hydrogen (secondary N) is 2. The fourth-order valence-electron chi connectivity index (χ4n) is 5.89. The van der Waals surface area contributed by atoms with Crippen molar-refractivity contribution in [2.45, 2.75) is 43.7 Å². The van der Waals surface area contributed by atoms with Crippen molar-refractivity contribution in [3.05, 3.63) is 24.0 Å². The first-order chi connectivity index (χ1) is 12.6. The Morgan fingerprint density at radius 2 is 2.15 bits per heavy atom. The van der Waals surface area contributed by atoms with Crippen LogP contribution in [0.2, 0.25) is 0 Å². The van der Waals surface area contributed by atoms with Crippen LogP contribution in [0.4, 0.5) is 5.69 Å². The molecule has 0 saturated heterocycles. The first-order valence-electron chi connectivity index (χ1n) is 9.38. The van der Waals surface area contributed by atoms with Crippen molar-refractivity contribution < 1.29 is 9.94 Å². The van der Waals surface area contributed by atoms with Gasteiger partial charge in [-0.1, -0.05) is 5.16 Å². The maximum Gasteiger partial charge on any atom is 0.173 e. The number of pyridine rings is 1. The van der Waals surface area contributed by atoms with Gasteiger partial charge in [0.2, 0.25) is 0 Å². The third kappa shape index (κ3) is 2.37. The second-order valence-corrected chi connectivity index (χ2v) is 8.31. The highest BCUT2D eigenvalue weighted by Gasteiger charge is 2.54. The van der Waals surface area contributed by atoms with E-state index in [2.05, 4.69) is 20.4 Å². The third-order valence-corrected chi connectivity index (χ3v) is 6.60. The Balaban J connectivity index is 1.54. The van der Waals surface area contributed by atoms with Crippen LogP contribution in [0.3, 0.4) is 0 Å². The lowest BCUT2D eigenvalue weighted by Crippen LogP contribution is -2.59. The van der Waals surface area contributed by atoms with Crippen LogP contribution >= 0.6 is 0 Å².